The van der Waals surface area contributed by atoms with E-state index in [2.05, 4.69) is 20.4 Å². The predicted molar refractivity (Wildman–Crippen MR) is 101 cm³/mol. The highest BCUT2D eigenvalue weighted by Gasteiger charge is 2.66. The molecule has 2 bridgehead atoms. The first-order chi connectivity index (χ1) is 11.7. The van der Waals surface area contributed by atoms with Crippen LogP contribution in [-0.4, -0.2) is 18.0 Å². The van der Waals surface area contributed by atoms with Crippen LogP contribution in [0.1, 0.15) is 72.1 Å². The summed E-state index contributed by atoms with van der Waals surface area (Å²) < 4.78 is 5.53. The van der Waals surface area contributed by atoms with Gasteiger partial charge in [-0.15, -0.1) is 11.6 Å². The Kier molecular flexibility index (Phi) is 4.11. The van der Waals surface area contributed by atoms with E-state index in [1.165, 1.54) is 63.9 Å². The van der Waals surface area contributed by atoms with Crippen LogP contribution in [0.4, 0.5) is 0 Å². The Balaban J connectivity index is 1.67. The summed E-state index contributed by atoms with van der Waals surface area (Å²) in [5.41, 5.74) is 2.06. The standard InChI is InChI=1S/C22H33ClO2/c1-14-16-6-7-18-21(4)10-5-9-20(3,13-25-15(2)24)17(21)8-11-22(18,12-16)19(14)23/h16-19H,1,5-13H2,2-4H3/t16-,17-,18+,19?,20+,21-,22-/m1/s1. The van der Waals surface area contributed by atoms with Gasteiger partial charge in [0.1, 0.15) is 0 Å². The summed E-state index contributed by atoms with van der Waals surface area (Å²) in [6, 6.07) is 0. The monoisotopic (exact) mass is 364 g/mol. The topological polar surface area (TPSA) is 26.3 Å². The van der Waals surface area contributed by atoms with E-state index in [9.17, 15) is 4.79 Å². The van der Waals surface area contributed by atoms with Crippen LogP contribution < -0.4 is 0 Å². The smallest absolute Gasteiger partial charge is 0.302 e. The predicted octanol–water partition coefficient (Wildman–Crippen LogP) is 5.74. The van der Waals surface area contributed by atoms with Gasteiger partial charge in [-0.25, -0.2) is 0 Å². The SMILES string of the molecule is C=C1C(Cl)[C@@]23CC[C@@H]4[C@](C)(COC(C)=O)CCC[C@@]4(C)[C@@H]2CC[C@@H]1C3. The van der Waals surface area contributed by atoms with Crippen molar-refractivity contribution in [2.45, 2.75) is 77.5 Å². The molecule has 0 aromatic carbocycles. The maximum absolute atomic E-state index is 11.4. The number of allylic oxidation sites excluding steroid dienone is 1. The number of ether oxygens (including phenoxy) is 1. The minimum Gasteiger partial charge on any atom is -0.465 e. The van der Waals surface area contributed by atoms with Gasteiger partial charge in [0.15, 0.2) is 0 Å². The van der Waals surface area contributed by atoms with Crippen LogP contribution in [0.3, 0.4) is 0 Å². The average Bonchev–Trinajstić information content (AvgIpc) is 2.73. The Morgan fingerprint density at radius 3 is 2.68 bits per heavy atom. The molecule has 3 heteroatoms. The lowest BCUT2D eigenvalue weighted by Gasteiger charge is -2.64. The normalized spacial score (nSPS) is 51.6. The van der Waals surface area contributed by atoms with Gasteiger partial charge in [0.2, 0.25) is 0 Å². The van der Waals surface area contributed by atoms with Gasteiger partial charge in [-0.05, 0) is 73.5 Å². The fourth-order valence-corrected chi connectivity index (χ4v) is 8.41. The van der Waals surface area contributed by atoms with Crippen molar-refractivity contribution in [3.63, 3.8) is 0 Å². The van der Waals surface area contributed by atoms with Gasteiger partial charge >= 0.3 is 5.97 Å². The molecule has 25 heavy (non-hydrogen) atoms. The van der Waals surface area contributed by atoms with E-state index in [0.717, 1.165) is 0 Å². The number of carbonyl (C=O) groups is 1. The highest BCUT2D eigenvalue weighted by molar-refractivity contribution is 6.23. The van der Waals surface area contributed by atoms with Crippen LogP contribution in [0.2, 0.25) is 0 Å². The van der Waals surface area contributed by atoms with E-state index in [0.29, 0.717) is 29.8 Å². The lowest BCUT2D eigenvalue weighted by Crippen LogP contribution is -2.59. The summed E-state index contributed by atoms with van der Waals surface area (Å²) in [6.07, 6.45) is 10.1. The van der Waals surface area contributed by atoms with Crippen molar-refractivity contribution >= 4 is 17.6 Å². The van der Waals surface area contributed by atoms with E-state index in [-0.39, 0.29) is 22.2 Å². The van der Waals surface area contributed by atoms with E-state index >= 15 is 0 Å². The van der Waals surface area contributed by atoms with Crippen molar-refractivity contribution in [1.82, 2.24) is 0 Å². The van der Waals surface area contributed by atoms with E-state index in [1.807, 2.05) is 0 Å². The molecule has 4 rings (SSSR count). The second kappa shape index (κ2) is 5.75. The number of halogens is 1. The number of fused-ring (bicyclic) bond motifs is 3. The van der Waals surface area contributed by atoms with Gasteiger partial charge in [-0.1, -0.05) is 32.4 Å². The Bertz CT molecular complexity index is 601. The molecule has 0 heterocycles. The minimum atomic E-state index is -0.144. The van der Waals surface area contributed by atoms with Crippen molar-refractivity contribution in [2.24, 2.45) is 34.0 Å². The number of alkyl halides is 1. The molecule has 140 valence electrons. The van der Waals surface area contributed by atoms with Gasteiger partial charge in [-0.2, -0.15) is 0 Å². The number of rotatable bonds is 2. The van der Waals surface area contributed by atoms with Crippen LogP contribution in [0.5, 0.6) is 0 Å². The summed E-state index contributed by atoms with van der Waals surface area (Å²) in [7, 11) is 0. The highest BCUT2D eigenvalue weighted by atomic mass is 35.5. The first-order valence-electron chi connectivity index (χ1n) is 10.2. The molecule has 4 aliphatic carbocycles. The van der Waals surface area contributed by atoms with Crippen LogP contribution >= 0.6 is 11.6 Å². The summed E-state index contributed by atoms with van der Waals surface area (Å²) in [5.74, 6) is 1.86. The number of hydrogen-bond acceptors (Lipinski definition) is 2. The lowest BCUT2D eigenvalue weighted by atomic mass is 9.41. The fraction of sp³-hybridized carbons (Fsp3) is 0.864. The van der Waals surface area contributed by atoms with Crippen molar-refractivity contribution in [3.05, 3.63) is 12.2 Å². The molecule has 2 nitrogen and oxygen atoms in total. The van der Waals surface area contributed by atoms with Crippen molar-refractivity contribution < 1.29 is 9.53 Å². The molecular weight excluding hydrogens is 332 g/mol. The molecular formula is C22H33ClO2. The molecule has 4 aliphatic rings. The molecule has 1 spiro atoms. The molecule has 7 atom stereocenters. The van der Waals surface area contributed by atoms with Gasteiger partial charge in [0, 0.05) is 12.3 Å². The summed E-state index contributed by atoms with van der Waals surface area (Å²) >= 11 is 7.03. The molecule has 0 aromatic rings. The van der Waals surface area contributed by atoms with Crippen LogP contribution in [0.15, 0.2) is 12.2 Å². The third-order valence-electron chi connectivity index (χ3n) is 8.88. The molecule has 0 saturated heterocycles. The molecule has 4 fully saturated rings. The third-order valence-corrected chi connectivity index (χ3v) is 9.59. The zero-order valence-corrected chi connectivity index (χ0v) is 16.8. The number of carbonyl (C=O) groups excluding carboxylic acids is 1. The highest BCUT2D eigenvalue weighted by Crippen LogP contribution is 2.72. The number of esters is 1. The lowest BCUT2D eigenvalue weighted by molar-refractivity contribution is -0.172. The Morgan fingerprint density at radius 1 is 1.20 bits per heavy atom. The Labute approximate surface area is 157 Å². The molecule has 0 aromatic heterocycles. The van der Waals surface area contributed by atoms with Crippen LogP contribution in [0.25, 0.3) is 0 Å². The first kappa shape index (κ1) is 17.9. The average molecular weight is 365 g/mol. The van der Waals surface area contributed by atoms with E-state index in [4.69, 9.17) is 16.3 Å². The minimum absolute atomic E-state index is 0.120. The van der Waals surface area contributed by atoms with Crippen LogP contribution in [-0.2, 0) is 9.53 Å². The van der Waals surface area contributed by atoms with E-state index in [1.54, 1.807) is 0 Å². The zero-order valence-electron chi connectivity index (χ0n) is 16.1. The first-order valence-corrected chi connectivity index (χ1v) is 10.6. The molecule has 0 aliphatic heterocycles. The summed E-state index contributed by atoms with van der Waals surface area (Å²) in [5, 5.41) is 0.171. The van der Waals surface area contributed by atoms with Gasteiger partial charge < -0.3 is 4.74 Å². The zero-order chi connectivity index (χ0) is 18.0. The summed E-state index contributed by atoms with van der Waals surface area (Å²) in [6.45, 7) is 11.4. The maximum Gasteiger partial charge on any atom is 0.302 e. The quantitative estimate of drug-likeness (QED) is 0.355. The number of hydrogen-bond donors (Lipinski definition) is 0. The molecule has 4 saturated carbocycles. The van der Waals surface area contributed by atoms with Gasteiger partial charge in [0.05, 0.1) is 12.0 Å². The second-order valence-electron chi connectivity index (χ2n) is 10.1. The van der Waals surface area contributed by atoms with Gasteiger partial charge in [-0.3, -0.25) is 4.79 Å². The van der Waals surface area contributed by atoms with Crippen LogP contribution in [0, 0.1) is 34.0 Å². The van der Waals surface area contributed by atoms with E-state index < -0.39 is 0 Å². The largest absolute Gasteiger partial charge is 0.465 e. The van der Waals surface area contributed by atoms with Crippen molar-refractivity contribution in [1.29, 1.82) is 0 Å². The second-order valence-corrected chi connectivity index (χ2v) is 10.5. The molecule has 0 amide bonds. The summed E-state index contributed by atoms with van der Waals surface area (Å²) in [4.78, 5) is 11.4. The van der Waals surface area contributed by atoms with Gasteiger partial charge in [0.25, 0.3) is 0 Å². The van der Waals surface area contributed by atoms with Crippen molar-refractivity contribution in [3.8, 4) is 0 Å². The Hall–Kier alpha value is -0.500. The molecule has 0 N–H and O–H groups in total. The maximum atomic E-state index is 11.4. The fourth-order valence-electron chi connectivity index (χ4n) is 7.89. The van der Waals surface area contributed by atoms with Crippen molar-refractivity contribution in [2.75, 3.05) is 6.61 Å². The Morgan fingerprint density at radius 2 is 1.96 bits per heavy atom. The molecule has 1 unspecified atom stereocenters. The molecule has 0 radical (unpaired) electrons. The third kappa shape index (κ3) is 2.38.